The Morgan fingerprint density at radius 2 is 1.71 bits per heavy atom. The van der Waals surface area contributed by atoms with Crippen LogP contribution in [-0.4, -0.2) is 36.8 Å². The summed E-state index contributed by atoms with van der Waals surface area (Å²) >= 11 is 0. The normalized spacial score (nSPS) is 10.1. The highest BCUT2D eigenvalue weighted by atomic mass is 16.3. The highest BCUT2D eigenvalue weighted by Crippen LogP contribution is 2.21. The molecule has 0 heterocycles. The summed E-state index contributed by atoms with van der Waals surface area (Å²) in [6.45, 7) is 3.41. The van der Waals surface area contributed by atoms with Gasteiger partial charge in [0, 0.05) is 31.3 Å². The van der Waals surface area contributed by atoms with E-state index >= 15 is 0 Å². The monoisotopic (exact) mass is 388 g/mol. The number of aldehydes is 1. The minimum atomic E-state index is -0.0470. The number of nitrogens with one attached hydrogen (secondary N) is 2. The smallest absolute Gasteiger partial charge is 0.217 e. The molecular formula is C20H28N4O4. The molecule has 28 heavy (non-hydrogen) atoms. The molecule has 1 atom stereocenters. The molecule has 0 aliphatic rings. The molecular weight excluding hydrogens is 360 g/mol. The first kappa shape index (κ1) is 24.5. The molecule has 7 N–H and O–H groups in total. The maximum Gasteiger partial charge on any atom is 0.217 e. The number of benzene rings is 2. The predicted molar refractivity (Wildman–Crippen MR) is 111 cm³/mol. The third kappa shape index (κ3) is 11.1. The molecule has 2 amide bonds. The molecule has 0 bridgehead atoms. The van der Waals surface area contributed by atoms with Crippen LogP contribution in [0.1, 0.15) is 29.8 Å². The fourth-order valence-corrected chi connectivity index (χ4v) is 2.06. The van der Waals surface area contributed by atoms with Crippen molar-refractivity contribution in [3.05, 3.63) is 53.6 Å². The predicted octanol–water partition coefficient (Wildman–Crippen LogP) is 1.49. The van der Waals surface area contributed by atoms with E-state index in [0.717, 1.165) is 11.8 Å². The van der Waals surface area contributed by atoms with Gasteiger partial charge in [0.05, 0.1) is 5.69 Å². The second-order valence-electron chi connectivity index (χ2n) is 5.89. The van der Waals surface area contributed by atoms with Gasteiger partial charge >= 0.3 is 0 Å². The van der Waals surface area contributed by atoms with Gasteiger partial charge in [-0.3, -0.25) is 14.4 Å². The maximum absolute atomic E-state index is 10.8. The molecule has 8 nitrogen and oxygen atoms in total. The summed E-state index contributed by atoms with van der Waals surface area (Å²) in [5.41, 5.74) is 13.6. The fourth-order valence-electron chi connectivity index (χ4n) is 2.06. The topological polar surface area (TPSA) is 148 Å². The van der Waals surface area contributed by atoms with Crippen LogP contribution in [-0.2, 0) is 16.0 Å². The number of rotatable bonds is 5. The molecule has 0 aromatic heterocycles. The zero-order valence-corrected chi connectivity index (χ0v) is 16.3. The highest BCUT2D eigenvalue weighted by molar-refractivity contribution is 5.75. The van der Waals surface area contributed by atoms with Gasteiger partial charge in [-0.2, -0.15) is 0 Å². The zero-order chi connectivity index (χ0) is 21.5. The second kappa shape index (κ2) is 13.6. The van der Waals surface area contributed by atoms with Gasteiger partial charge in [-0.05, 0) is 55.3 Å². The zero-order valence-electron chi connectivity index (χ0n) is 16.3. The molecule has 0 fully saturated rings. The fraction of sp³-hybridized carbons (Fsp3) is 0.250. The number of hydrogen-bond acceptors (Lipinski definition) is 6. The van der Waals surface area contributed by atoms with Gasteiger partial charge in [-0.25, -0.2) is 0 Å². The van der Waals surface area contributed by atoms with Gasteiger partial charge in [0.1, 0.15) is 12.0 Å². The van der Waals surface area contributed by atoms with Crippen LogP contribution in [0.15, 0.2) is 42.5 Å². The summed E-state index contributed by atoms with van der Waals surface area (Å²) in [6, 6.07) is 11.9. The van der Waals surface area contributed by atoms with E-state index in [1.165, 1.54) is 6.92 Å². The number of carbonyl (C=O) groups is 3. The Labute approximate surface area is 164 Å². The molecule has 2 aromatic rings. The lowest BCUT2D eigenvalue weighted by molar-refractivity contribution is -0.119. The first-order valence-corrected chi connectivity index (χ1v) is 8.49. The van der Waals surface area contributed by atoms with E-state index in [0.29, 0.717) is 29.8 Å². The Morgan fingerprint density at radius 3 is 2.14 bits per heavy atom. The summed E-state index contributed by atoms with van der Waals surface area (Å²) in [7, 11) is 1.56. The van der Waals surface area contributed by atoms with Crippen LogP contribution >= 0.6 is 0 Å². The molecule has 0 radical (unpaired) electrons. The number of nitrogens with two attached hydrogens (primary N) is 2. The van der Waals surface area contributed by atoms with Crippen molar-refractivity contribution >= 4 is 30.0 Å². The van der Waals surface area contributed by atoms with Crippen molar-refractivity contribution in [2.45, 2.75) is 26.3 Å². The van der Waals surface area contributed by atoms with Gasteiger partial charge in [0.25, 0.3) is 0 Å². The molecule has 0 aliphatic carbocycles. The molecule has 0 aliphatic heterocycles. The van der Waals surface area contributed by atoms with E-state index in [-0.39, 0.29) is 17.7 Å². The number of phenolic OH excluding ortho intramolecular Hbond substituents is 1. The minimum absolute atomic E-state index is 0.0470. The number of anilines is 2. The molecule has 0 saturated carbocycles. The van der Waals surface area contributed by atoms with Crippen molar-refractivity contribution in [3.63, 3.8) is 0 Å². The molecule has 0 saturated heterocycles. The van der Waals surface area contributed by atoms with Crippen LogP contribution in [0.3, 0.4) is 0 Å². The molecule has 0 spiro atoms. The summed E-state index contributed by atoms with van der Waals surface area (Å²) in [5, 5.41) is 14.3. The minimum Gasteiger partial charge on any atom is -0.506 e. The van der Waals surface area contributed by atoms with Crippen molar-refractivity contribution in [2.75, 3.05) is 18.5 Å². The summed E-state index contributed by atoms with van der Waals surface area (Å²) in [4.78, 5) is 29.9. The number of nitrogen functional groups attached to an aromatic ring is 2. The van der Waals surface area contributed by atoms with Crippen molar-refractivity contribution in [1.29, 1.82) is 0 Å². The third-order valence-electron chi connectivity index (χ3n) is 3.27. The molecule has 152 valence electrons. The van der Waals surface area contributed by atoms with Gasteiger partial charge in [-0.1, -0.05) is 6.07 Å². The van der Waals surface area contributed by atoms with E-state index < -0.39 is 0 Å². The Morgan fingerprint density at radius 1 is 1.14 bits per heavy atom. The second-order valence-corrected chi connectivity index (χ2v) is 5.89. The maximum atomic E-state index is 10.8. The van der Waals surface area contributed by atoms with Crippen molar-refractivity contribution in [2.24, 2.45) is 0 Å². The van der Waals surface area contributed by atoms with Gasteiger partial charge in [-0.15, -0.1) is 0 Å². The molecule has 8 heteroatoms. The van der Waals surface area contributed by atoms with Crippen molar-refractivity contribution in [3.8, 4) is 5.75 Å². The van der Waals surface area contributed by atoms with Gasteiger partial charge in [0.15, 0.2) is 0 Å². The SMILES string of the molecule is CC(=O)N[C@H](C)Cc1ccc(O)c(N)c1.CNC=O.Nc1ccc(C=O)cc1. The largest absolute Gasteiger partial charge is 0.506 e. The van der Waals surface area contributed by atoms with Crippen LogP contribution in [0.4, 0.5) is 11.4 Å². The number of hydrogen-bond donors (Lipinski definition) is 5. The Kier molecular flexibility index (Phi) is 11.9. The molecule has 0 unspecified atom stereocenters. The third-order valence-corrected chi connectivity index (χ3v) is 3.27. The lowest BCUT2D eigenvalue weighted by Gasteiger charge is -2.12. The lowest BCUT2D eigenvalue weighted by Crippen LogP contribution is -2.32. The number of phenols is 1. The summed E-state index contributed by atoms with van der Waals surface area (Å²) < 4.78 is 0. The van der Waals surface area contributed by atoms with Gasteiger partial charge < -0.3 is 27.2 Å². The summed E-state index contributed by atoms with van der Waals surface area (Å²) in [6.07, 6.45) is 2.11. The molecule has 2 aromatic carbocycles. The average Bonchev–Trinajstić information content (AvgIpc) is 2.65. The van der Waals surface area contributed by atoms with Crippen LogP contribution in [0.5, 0.6) is 5.75 Å². The van der Waals surface area contributed by atoms with Crippen LogP contribution < -0.4 is 22.1 Å². The van der Waals surface area contributed by atoms with E-state index in [1.807, 2.05) is 6.92 Å². The first-order chi connectivity index (χ1) is 13.2. The Bertz CT molecular complexity index is 748. The quantitative estimate of drug-likeness (QED) is 0.298. The van der Waals surface area contributed by atoms with Gasteiger partial charge in [0.2, 0.25) is 12.3 Å². The van der Waals surface area contributed by atoms with Crippen molar-refractivity contribution < 1.29 is 19.5 Å². The van der Waals surface area contributed by atoms with Crippen LogP contribution in [0, 0.1) is 0 Å². The number of carbonyl (C=O) groups excluding carboxylic acids is 3. The first-order valence-electron chi connectivity index (χ1n) is 8.49. The highest BCUT2D eigenvalue weighted by Gasteiger charge is 2.06. The lowest BCUT2D eigenvalue weighted by atomic mass is 10.1. The van der Waals surface area contributed by atoms with E-state index in [2.05, 4.69) is 10.6 Å². The van der Waals surface area contributed by atoms with Crippen LogP contribution in [0.2, 0.25) is 0 Å². The van der Waals surface area contributed by atoms with E-state index in [9.17, 15) is 14.7 Å². The average molecular weight is 388 g/mol. The Balaban J connectivity index is 0.000000473. The van der Waals surface area contributed by atoms with Crippen LogP contribution in [0.25, 0.3) is 0 Å². The number of amides is 2. The van der Waals surface area contributed by atoms with E-state index in [4.69, 9.17) is 16.3 Å². The molecule has 2 rings (SSSR count). The van der Waals surface area contributed by atoms with Crippen molar-refractivity contribution in [1.82, 2.24) is 10.6 Å². The number of aromatic hydroxyl groups is 1. The Hall–Kier alpha value is -3.55. The van der Waals surface area contributed by atoms with E-state index in [1.54, 1.807) is 49.5 Å². The standard InChI is InChI=1S/C11H16N2O2.C7H7NO.C2H5NO/c1-7(13-8(2)14)5-9-3-4-11(15)10(12)6-9;8-7-3-1-6(5-9)2-4-7;1-3-2-4/h3-4,6-7,15H,5,12H2,1-2H3,(H,13,14);1-5H,8H2;2H,1H3,(H,3,4)/t7-;;/m1../s1. The summed E-state index contributed by atoms with van der Waals surface area (Å²) in [5.74, 6) is 0.0418.